The number of amides is 1. The lowest BCUT2D eigenvalue weighted by atomic mass is 9.93. The van der Waals surface area contributed by atoms with E-state index in [-0.39, 0.29) is 18.2 Å². The monoisotopic (exact) mass is 343 g/mol. The van der Waals surface area contributed by atoms with Gasteiger partial charge in [0, 0.05) is 19.5 Å². The molecule has 2 aromatic rings. The first-order chi connectivity index (χ1) is 12.1. The topological polar surface area (TPSA) is 101 Å². The molecular formula is C17H21N5O3. The number of hydrogen-bond donors (Lipinski definition) is 1. The second kappa shape index (κ2) is 7.87. The van der Waals surface area contributed by atoms with Gasteiger partial charge in [0.05, 0.1) is 12.1 Å². The van der Waals surface area contributed by atoms with E-state index in [4.69, 9.17) is 5.11 Å². The summed E-state index contributed by atoms with van der Waals surface area (Å²) in [6, 6.07) is 7.57. The summed E-state index contributed by atoms with van der Waals surface area (Å²) in [6.45, 7) is 1.42. The second-order valence-electron chi connectivity index (χ2n) is 6.38. The molecule has 1 N–H and O–H groups in total. The van der Waals surface area contributed by atoms with Crippen LogP contribution in [-0.2, 0) is 16.0 Å². The lowest BCUT2D eigenvalue weighted by Crippen LogP contribution is -2.40. The number of tetrazole rings is 1. The summed E-state index contributed by atoms with van der Waals surface area (Å²) in [4.78, 5) is 25.1. The molecule has 0 bridgehead atoms. The molecule has 1 aromatic heterocycles. The molecule has 25 heavy (non-hydrogen) atoms. The number of hydrogen-bond acceptors (Lipinski definition) is 5. The van der Waals surface area contributed by atoms with Crippen molar-refractivity contribution in [2.75, 3.05) is 13.1 Å². The fourth-order valence-electron chi connectivity index (χ4n) is 3.19. The third kappa shape index (κ3) is 4.62. The molecule has 1 amide bonds. The van der Waals surface area contributed by atoms with Crippen molar-refractivity contribution in [2.45, 2.75) is 32.1 Å². The highest BCUT2D eigenvalue weighted by atomic mass is 16.4. The Bertz CT molecular complexity index is 714. The Balaban J connectivity index is 1.55. The normalized spacial score (nSPS) is 17.4. The van der Waals surface area contributed by atoms with Crippen LogP contribution >= 0.6 is 0 Å². The average molecular weight is 343 g/mol. The van der Waals surface area contributed by atoms with E-state index in [1.807, 2.05) is 29.2 Å². The Morgan fingerprint density at radius 3 is 2.72 bits per heavy atom. The smallest absolute Gasteiger partial charge is 0.303 e. The number of carboxylic acids is 1. The molecule has 1 fully saturated rings. The van der Waals surface area contributed by atoms with Gasteiger partial charge in [-0.05, 0) is 53.3 Å². The third-order valence-corrected chi connectivity index (χ3v) is 4.54. The van der Waals surface area contributed by atoms with Gasteiger partial charge >= 0.3 is 5.97 Å². The highest BCUT2D eigenvalue weighted by molar-refractivity contribution is 5.79. The van der Waals surface area contributed by atoms with Gasteiger partial charge in [0.25, 0.3) is 0 Å². The fourth-order valence-corrected chi connectivity index (χ4v) is 3.19. The van der Waals surface area contributed by atoms with E-state index >= 15 is 0 Å². The molecule has 3 rings (SSSR count). The summed E-state index contributed by atoms with van der Waals surface area (Å²) in [5.74, 6) is -0.391. The summed E-state index contributed by atoms with van der Waals surface area (Å²) in [5, 5.41) is 19.8. The van der Waals surface area contributed by atoms with Crippen LogP contribution in [-0.4, -0.2) is 55.2 Å². The zero-order valence-corrected chi connectivity index (χ0v) is 13.9. The zero-order chi connectivity index (χ0) is 17.6. The highest BCUT2D eigenvalue weighted by Gasteiger charge is 2.24. The van der Waals surface area contributed by atoms with E-state index < -0.39 is 5.97 Å². The Morgan fingerprint density at radius 1 is 1.24 bits per heavy atom. The van der Waals surface area contributed by atoms with Crippen LogP contribution in [0.3, 0.4) is 0 Å². The van der Waals surface area contributed by atoms with Gasteiger partial charge in [0.15, 0.2) is 0 Å². The summed E-state index contributed by atoms with van der Waals surface area (Å²) in [5.41, 5.74) is 1.78. The molecule has 1 atom stereocenters. The van der Waals surface area contributed by atoms with Crippen LogP contribution in [0.25, 0.3) is 5.69 Å². The number of nitrogens with zero attached hydrogens (tertiary/aromatic N) is 5. The first-order valence-corrected chi connectivity index (χ1v) is 8.43. The zero-order valence-electron chi connectivity index (χ0n) is 13.9. The van der Waals surface area contributed by atoms with Gasteiger partial charge in [-0.3, -0.25) is 9.59 Å². The molecule has 0 aliphatic carbocycles. The molecule has 0 unspecified atom stereocenters. The molecule has 1 aliphatic heterocycles. The van der Waals surface area contributed by atoms with Crippen LogP contribution in [0.4, 0.5) is 0 Å². The fraction of sp³-hybridized carbons (Fsp3) is 0.471. The summed E-state index contributed by atoms with van der Waals surface area (Å²) < 4.78 is 1.56. The summed E-state index contributed by atoms with van der Waals surface area (Å²) in [7, 11) is 0. The number of aliphatic carboxylic acids is 1. The molecule has 132 valence electrons. The van der Waals surface area contributed by atoms with Crippen LogP contribution < -0.4 is 0 Å². The third-order valence-electron chi connectivity index (χ3n) is 4.54. The molecule has 1 saturated heterocycles. The minimum absolute atomic E-state index is 0.0928. The number of likely N-dealkylation sites (tertiary alicyclic amines) is 1. The first kappa shape index (κ1) is 17.1. The van der Waals surface area contributed by atoms with Crippen molar-refractivity contribution in [1.82, 2.24) is 25.1 Å². The van der Waals surface area contributed by atoms with Crippen molar-refractivity contribution in [3.05, 3.63) is 36.2 Å². The van der Waals surface area contributed by atoms with Crippen molar-refractivity contribution in [2.24, 2.45) is 5.92 Å². The molecule has 0 spiro atoms. The lowest BCUT2D eigenvalue weighted by Gasteiger charge is -2.32. The number of piperidine rings is 1. The van der Waals surface area contributed by atoms with Gasteiger partial charge in [-0.2, -0.15) is 0 Å². The minimum Gasteiger partial charge on any atom is -0.481 e. The predicted molar refractivity (Wildman–Crippen MR) is 89.0 cm³/mol. The quantitative estimate of drug-likeness (QED) is 0.848. The molecular weight excluding hydrogens is 322 g/mol. The number of aromatic nitrogens is 4. The summed E-state index contributed by atoms with van der Waals surface area (Å²) in [6.07, 6.45) is 4.61. The van der Waals surface area contributed by atoms with Crippen molar-refractivity contribution >= 4 is 11.9 Å². The Kier molecular flexibility index (Phi) is 5.37. The second-order valence-corrected chi connectivity index (χ2v) is 6.38. The van der Waals surface area contributed by atoms with Crippen molar-refractivity contribution in [3.63, 3.8) is 0 Å². The molecule has 1 aliphatic rings. The van der Waals surface area contributed by atoms with E-state index in [0.29, 0.717) is 19.4 Å². The van der Waals surface area contributed by atoms with Gasteiger partial charge in [0.1, 0.15) is 6.33 Å². The first-order valence-electron chi connectivity index (χ1n) is 8.43. The van der Waals surface area contributed by atoms with Gasteiger partial charge in [-0.15, -0.1) is 5.10 Å². The standard InChI is InChI=1S/C17H21N5O3/c23-16(21-9-1-2-14(11-21)5-8-17(24)25)10-13-3-6-15(7-4-13)22-12-18-19-20-22/h3-4,6-7,12,14H,1-2,5,8-11H2,(H,24,25)/t14-/m1/s1. The van der Waals surface area contributed by atoms with Gasteiger partial charge in [-0.25, -0.2) is 4.68 Å². The van der Waals surface area contributed by atoms with E-state index in [0.717, 1.165) is 30.6 Å². The van der Waals surface area contributed by atoms with Gasteiger partial charge < -0.3 is 10.0 Å². The number of carbonyl (C=O) groups is 2. The van der Waals surface area contributed by atoms with Crippen LogP contribution in [0, 0.1) is 5.92 Å². The molecule has 2 heterocycles. The van der Waals surface area contributed by atoms with E-state index in [1.54, 1.807) is 4.68 Å². The number of rotatable bonds is 6. The Hall–Kier alpha value is -2.77. The van der Waals surface area contributed by atoms with E-state index in [2.05, 4.69) is 15.5 Å². The average Bonchev–Trinajstić information content (AvgIpc) is 3.15. The Labute approximate surface area is 145 Å². The maximum Gasteiger partial charge on any atom is 0.303 e. The van der Waals surface area contributed by atoms with Crippen LogP contribution in [0.2, 0.25) is 0 Å². The van der Waals surface area contributed by atoms with Gasteiger partial charge in [0.2, 0.25) is 5.91 Å². The molecule has 0 saturated carbocycles. The van der Waals surface area contributed by atoms with Crippen LogP contribution in [0.5, 0.6) is 0 Å². The Morgan fingerprint density at radius 2 is 2.04 bits per heavy atom. The maximum absolute atomic E-state index is 12.5. The SMILES string of the molecule is O=C(O)CC[C@H]1CCCN(C(=O)Cc2ccc(-n3cnnn3)cc2)C1. The number of carboxylic acid groups (broad SMARTS) is 1. The van der Waals surface area contributed by atoms with Crippen molar-refractivity contribution in [3.8, 4) is 5.69 Å². The predicted octanol–water partition coefficient (Wildman–Crippen LogP) is 1.31. The number of carbonyl (C=O) groups excluding carboxylic acids is 1. The van der Waals surface area contributed by atoms with Gasteiger partial charge in [-0.1, -0.05) is 12.1 Å². The largest absolute Gasteiger partial charge is 0.481 e. The maximum atomic E-state index is 12.5. The van der Waals surface area contributed by atoms with Crippen LogP contribution in [0.15, 0.2) is 30.6 Å². The highest BCUT2D eigenvalue weighted by Crippen LogP contribution is 2.22. The molecule has 8 heteroatoms. The van der Waals surface area contributed by atoms with E-state index in [9.17, 15) is 9.59 Å². The van der Waals surface area contributed by atoms with Crippen LogP contribution in [0.1, 0.15) is 31.2 Å². The molecule has 0 radical (unpaired) electrons. The summed E-state index contributed by atoms with van der Waals surface area (Å²) >= 11 is 0. The lowest BCUT2D eigenvalue weighted by molar-refractivity contribution is -0.137. The van der Waals surface area contributed by atoms with Crippen molar-refractivity contribution < 1.29 is 14.7 Å². The molecule has 8 nitrogen and oxygen atoms in total. The number of benzene rings is 1. The van der Waals surface area contributed by atoms with E-state index in [1.165, 1.54) is 6.33 Å². The minimum atomic E-state index is -0.772. The van der Waals surface area contributed by atoms with Crippen molar-refractivity contribution in [1.29, 1.82) is 0 Å². The molecule has 1 aromatic carbocycles.